The van der Waals surface area contributed by atoms with Gasteiger partial charge < -0.3 is 11.1 Å². The topological polar surface area (TPSA) is 55.1 Å². The summed E-state index contributed by atoms with van der Waals surface area (Å²) in [4.78, 5) is 14.3. The van der Waals surface area contributed by atoms with Crippen molar-refractivity contribution in [2.45, 2.75) is 13.5 Å². The molecule has 0 aliphatic rings. The number of benzene rings is 1. The molecule has 1 amide bonds. The zero-order valence-electron chi connectivity index (χ0n) is 9.87. The summed E-state index contributed by atoms with van der Waals surface area (Å²) in [5.74, 6) is -0.207. The van der Waals surface area contributed by atoms with Gasteiger partial charge in [-0.25, -0.2) is 0 Å². The summed E-state index contributed by atoms with van der Waals surface area (Å²) in [5, 5.41) is 3.33. The molecule has 94 valence electrons. The Balaban J connectivity index is 2.05. The maximum absolute atomic E-state index is 12.0. The second-order valence-electron chi connectivity index (χ2n) is 3.93. The van der Waals surface area contributed by atoms with E-state index in [0.29, 0.717) is 22.8 Å². The lowest BCUT2D eigenvalue weighted by Crippen LogP contribution is -2.23. The van der Waals surface area contributed by atoms with E-state index in [0.717, 1.165) is 4.88 Å². The molecular weight excluding hydrogens is 268 g/mol. The molecule has 0 atom stereocenters. The van der Waals surface area contributed by atoms with Crippen LogP contribution in [0.3, 0.4) is 0 Å². The van der Waals surface area contributed by atoms with E-state index in [2.05, 4.69) is 5.32 Å². The van der Waals surface area contributed by atoms with Crippen LogP contribution < -0.4 is 11.1 Å². The minimum absolute atomic E-state index is 0.207. The van der Waals surface area contributed by atoms with E-state index in [-0.39, 0.29) is 5.91 Å². The largest absolute Gasteiger partial charge is 0.398 e. The summed E-state index contributed by atoms with van der Waals surface area (Å²) >= 11 is 7.51. The van der Waals surface area contributed by atoms with Crippen LogP contribution in [0.4, 0.5) is 5.69 Å². The number of halogens is 1. The maximum Gasteiger partial charge on any atom is 0.253 e. The fraction of sp³-hybridized carbons (Fsp3) is 0.154. The lowest BCUT2D eigenvalue weighted by Gasteiger charge is -2.06. The second kappa shape index (κ2) is 5.42. The normalized spacial score (nSPS) is 10.3. The molecule has 2 aromatic rings. The van der Waals surface area contributed by atoms with Crippen LogP contribution in [0.1, 0.15) is 20.1 Å². The van der Waals surface area contributed by atoms with Crippen molar-refractivity contribution in [1.82, 2.24) is 5.32 Å². The number of hydrogen-bond donors (Lipinski definition) is 2. The summed E-state index contributed by atoms with van der Waals surface area (Å²) < 4.78 is 0. The summed E-state index contributed by atoms with van der Waals surface area (Å²) in [6.07, 6.45) is 0. The first-order chi connectivity index (χ1) is 8.56. The van der Waals surface area contributed by atoms with Crippen LogP contribution in [0.2, 0.25) is 5.02 Å². The number of thiophene rings is 1. The second-order valence-corrected chi connectivity index (χ2v) is 5.74. The Kier molecular flexibility index (Phi) is 3.89. The van der Waals surface area contributed by atoms with Crippen molar-refractivity contribution in [2.24, 2.45) is 0 Å². The number of carbonyl (C=O) groups excluding carboxylic acids is 1. The molecule has 3 nitrogen and oxygen atoms in total. The average molecular weight is 281 g/mol. The molecule has 0 bridgehead atoms. The first-order valence-electron chi connectivity index (χ1n) is 5.45. The molecule has 0 saturated heterocycles. The van der Waals surface area contributed by atoms with E-state index >= 15 is 0 Å². The summed E-state index contributed by atoms with van der Waals surface area (Å²) in [6.45, 7) is 2.54. The van der Waals surface area contributed by atoms with Gasteiger partial charge in [-0.05, 0) is 37.3 Å². The van der Waals surface area contributed by atoms with Crippen molar-refractivity contribution in [2.75, 3.05) is 5.73 Å². The SMILES string of the molecule is Cc1ccc(CNC(=O)c2cc(Cl)ccc2N)s1. The quantitative estimate of drug-likeness (QED) is 0.848. The Hall–Kier alpha value is -1.52. The first kappa shape index (κ1) is 12.9. The molecule has 0 aliphatic heterocycles. The highest BCUT2D eigenvalue weighted by molar-refractivity contribution is 7.11. The Bertz CT molecular complexity index is 580. The minimum atomic E-state index is -0.207. The lowest BCUT2D eigenvalue weighted by molar-refractivity contribution is 0.0952. The molecular formula is C13H13ClN2OS. The zero-order chi connectivity index (χ0) is 13.1. The van der Waals surface area contributed by atoms with Gasteiger partial charge in [-0.2, -0.15) is 0 Å². The van der Waals surface area contributed by atoms with Gasteiger partial charge in [0, 0.05) is 20.5 Å². The molecule has 1 aromatic carbocycles. The number of amides is 1. The minimum Gasteiger partial charge on any atom is -0.398 e. The van der Waals surface area contributed by atoms with E-state index in [1.807, 2.05) is 19.1 Å². The van der Waals surface area contributed by atoms with Crippen LogP contribution in [-0.4, -0.2) is 5.91 Å². The summed E-state index contributed by atoms with van der Waals surface area (Å²) in [7, 11) is 0. The Morgan fingerprint density at radius 1 is 1.39 bits per heavy atom. The molecule has 2 rings (SSSR count). The van der Waals surface area contributed by atoms with Gasteiger partial charge >= 0.3 is 0 Å². The van der Waals surface area contributed by atoms with Crippen LogP contribution in [0.5, 0.6) is 0 Å². The van der Waals surface area contributed by atoms with Gasteiger partial charge in [0.05, 0.1) is 12.1 Å². The van der Waals surface area contributed by atoms with E-state index in [9.17, 15) is 4.79 Å². The molecule has 0 unspecified atom stereocenters. The van der Waals surface area contributed by atoms with Crippen molar-refractivity contribution in [3.05, 3.63) is 50.7 Å². The van der Waals surface area contributed by atoms with Crippen LogP contribution >= 0.6 is 22.9 Å². The third-order valence-electron chi connectivity index (χ3n) is 2.48. The van der Waals surface area contributed by atoms with Crippen molar-refractivity contribution >= 4 is 34.5 Å². The van der Waals surface area contributed by atoms with E-state index < -0.39 is 0 Å². The van der Waals surface area contributed by atoms with Crippen LogP contribution in [-0.2, 0) is 6.54 Å². The fourth-order valence-corrected chi connectivity index (χ4v) is 2.57. The molecule has 0 aliphatic carbocycles. The van der Waals surface area contributed by atoms with Crippen LogP contribution in [0.15, 0.2) is 30.3 Å². The first-order valence-corrected chi connectivity index (χ1v) is 6.64. The third kappa shape index (κ3) is 3.03. The highest BCUT2D eigenvalue weighted by Crippen LogP contribution is 2.18. The lowest BCUT2D eigenvalue weighted by atomic mass is 10.1. The van der Waals surface area contributed by atoms with Gasteiger partial charge in [0.2, 0.25) is 0 Å². The number of rotatable bonds is 3. The number of nitrogens with one attached hydrogen (secondary N) is 1. The van der Waals surface area contributed by atoms with Crippen LogP contribution in [0, 0.1) is 6.92 Å². The average Bonchev–Trinajstić information content (AvgIpc) is 2.75. The monoisotopic (exact) mass is 280 g/mol. The van der Waals surface area contributed by atoms with Crippen molar-refractivity contribution in [1.29, 1.82) is 0 Å². The Morgan fingerprint density at radius 2 is 2.17 bits per heavy atom. The van der Waals surface area contributed by atoms with Gasteiger partial charge in [-0.3, -0.25) is 4.79 Å². The molecule has 3 N–H and O–H groups in total. The molecule has 18 heavy (non-hydrogen) atoms. The predicted molar refractivity (Wildman–Crippen MR) is 76.1 cm³/mol. The van der Waals surface area contributed by atoms with Crippen molar-refractivity contribution in [3.8, 4) is 0 Å². The highest BCUT2D eigenvalue weighted by Gasteiger charge is 2.10. The number of nitrogens with two attached hydrogens (primary N) is 1. The summed E-state index contributed by atoms with van der Waals surface area (Å²) in [5.41, 5.74) is 6.59. The van der Waals surface area contributed by atoms with E-state index in [4.69, 9.17) is 17.3 Å². The van der Waals surface area contributed by atoms with Gasteiger partial charge in [0.15, 0.2) is 0 Å². The molecule has 0 saturated carbocycles. The van der Waals surface area contributed by atoms with Crippen LogP contribution in [0.25, 0.3) is 0 Å². The molecule has 0 fully saturated rings. The number of carbonyl (C=O) groups is 1. The number of anilines is 1. The standard InChI is InChI=1S/C13H13ClN2OS/c1-8-2-4-10(18-8)7-16-13(17)11-6-9(14)3-5-12(11)15/h2-6H,7,15H2,1H3,(H,16,17). The molecule has 5 heteroatoms. The highest BCUT2D eigenvalue weighted by atomic mass is 35.5. The number of hydrogen-bond acceptors (Lipinski definition) is 3. The summed E-state index contributed by atoms with van der Waals surface area (Å²) in [6, 6.07) is 8.90. The van der Waals surface area contributed by atoms with E-state index in [1.54, 1.807) is 29.5 Å². The fourth-order valence-electron chi connectivity index (χ4n) is 1.57. The van der Waals surface area contributed by atoms with Crippen molar-refractivity contribution < 1.29 is 4.79 Å². The van der Waals surface area contributed by atoms with Gasteiger partial charge in [0.25, 0.3) is 5.91 Å². The molecule has 0 radical (unpaired) electrons. The number of aryl methyl sites for hydroxylation is 1. The maximum atomic E-state index is 12.0. The van der Waals surface area contributed by atoms with Gasteiger partial charge in [-0.1, -0.05) is 11.6 Å². The van der Waals surface area contributed by atoms with Gasteiger partial charge in [0.1, 0.15) is 0 Å². The smallest absolute Gasteiger partial charge is 0.253 e. The predicted octanol–water partition coefficient (Wildman–Crippen LogP) is 3.22. The van der Waals surface area contributed by atoms with E-state index in [1.165, 1.54) is 4.88 Å². The van der Waals surface area contributed by atoms with Crippen molar-refractivity contribution in [3.63, 3.8) is 0 Å². The third-order valence-corrected chi connectivity index (χ3v) is 3.71. The number of nitrogen functional groups attached to an aromatic ring is 1. The molecule has 1 aromatic heterocycles. The Labute approximate surface area is 115 Å². The van der Waals surface area contributed by atoms with Gasteiger partial charge in [-0.15, -0.1) is 11.3 Å². The molecule has 0 spiro atoms. The zero-order valence-corrected chi connectivity index (χ0v) is 11.4. The Morgan fingerprint density at radius 3 is 2.83 bits per heavy atom. The molecule has 1 heterocycles.